The van der Waals surface area contributed by atoms with Crippen LogP contribution in [0.1, 0.15) is 11.1 Å². The Morgan fingerprint density at radius 3 is 2.41 bits per heavy atom. The molecule has 0 atom stereocenters. The lowest BCUT2D eigenvalue weighted by Crippen LogP contribution is -2.39. The first-order chi connectivity index (χ1) is 12.7. The Bertz CT molecular complexity index is 971. The summed E-state index contributed by atoms with van der Waals surface area (Å²) in [5, 5.41) is 14.4. The second kappa shape index (κ2) is 8.41. The van der Waals surface area contributed by atoms with Crippen LogP contribution in [-0.4, -0.2) is 38.3 Å². The maximum Gasteiger partial charge on any atom is 0.269 e. The van der Waals surface area contributed by atoms with Gasteiger partial charge in [0.2, 0.25) is 10.0 Å². The molecule has 0 heterocycles. The molecule has 2 rings (SSSR count). The van der Waals surface area contributed by atoms with E-state index in [1.807, 2.05) is 0 Å². The van der Waals surface area contributed by atoms with E-state index in [1.165, 1.54) is 30.5 Å². The molecular weight excluding hydrogens is 372 g/mol. The number of amides is 1. The third kappa shape index (κ3) is 5.61. The zero-order valence-corrected chi connectivity index (χ0v) is 15.5. The lowest BCUT2D eigenvalue weighted by Gasteiger charge is -2.23. The first-order valence-corrected chi connectivity index (χ1v) is 9.63. The number of anilines is 1. The van der Waals surface area contributed by atoms with E-state index < -0.39 is 27.4 Å². The van der Waals surface area contributed by atoms with Crippen molar-refractivity contribution >= 4 is 33.5 Å². The van der Waals surface area contributed by atoms with Crippen molar-refractivity contribution < 1.29 is 18.1 Å². The lowest BCUT2D eigenvalue weighted by atomic mass is 10.2. The average molecular weight is 390 g/mol. The molecule has 0 fully saturated rings. The molecule has 142 valence electrons. The summed E-state index contributed by atoms with van der Waals surface area (Å²) in [7, 11) is -3.67. The molecule has 1 amide bonds. The van der Waals surface area contributed by atoms with Crippen LogP contribution >= 0.6 is 0 Å². The van der Waals surface area contributed by atoms with Crippen molar-refractivity contribution in [3.63, 3.8) is 0 Å². The third-order valence-corrected chi connectivity index (χ3v) is 4.70. The van der Waals surface area contributed by atoms with Crippen LogP contribution in [0.4, 0.5) is 11.4 Å². The summed E-state index contributed by atoms with van der Waals surface area (Å²) in [4.78, 5) is 22.2. The van der Waals surface area contributed by atoms with Gasteiger partial charge in [-0.1, -0.05) is 18.2 Å². The summed E-state index contributed by atoms with van der Waals surface area (Å²) >= 11 is 0. The molecule has 9 nitrogen and oxygen atoms in total. The first kappa shape index (κ1) is 20.0. The van der Waals surface area contributed by atoms with Crippen LogP contribution in [0.3, 0.4) is 0 Å². The number of hydrazone groups is 1. The van der Waals surface area contributed by atoms with Crippen LogP contribution in [0.5, 0.6) is 0 Å². The molecule has 0 unspecified atom stereocenters. The standard InChI is InChI=1S/C17H18N4O5S/c1-13-5-3-4-6-16(13)20(27(2,25)26)12-17(22)19-18-11-14-7-9-15(10-8-14)21(23)24/h3-11H,12H2,1-2H3,(H,19,22)/b18-11-. The zero-order chi connectivity index (χ0) is 20.0. The van der Waals surface area contributed by atoms with E-state index in [9.17, 15) is 23.3 Å². The SMILES string of the molecule is Cc1ccccc1N(CC(=O)N/N=C\c1ccc([N+](=O)[O-])cc1)S(C)(=O)=O. The lowest BCUT2D eigenvalue weighted by molar-refractivity contribution is -0.384. The quantitative estimate of drug-likeness (QED) is 0.439. The van der Waals surface area contributed by atoms with Crippen LogP contribution in [0.2, 0.25) is 0 Å². The maximum absolute atomic E-state index is 12.1. The second-order valence-corrected chi connectivity index (χ2v) is 7.60. The number of benzene rings is 2. The Hall–Kier alpha value is -3.27. The van der Waals surface area contributed by atoms with Gasteiger partial charge in [-0.3, -0.25) is 19.2 Å². The monoisotopic (exact) mass is 390 g/mol. The highest BCUT2D eigenvalue weighted by molar-refractivity contribution is 7.92. The summed E-state index contributed by atoms with van der Waals surface area (Å²) in [6.07, 6.45) is 2.33. The van der Waals surface area contributed by atoms with E-state index in [0.717, 1.165) is 10.6 Å². The van der Waals surface area contributed by atoms with E-state index in [0.29, 0.717) is 16.8 Å². The van der Waals surface area contributed by atoms with Gasteiger partial charge in [-0.25, -0.2) is 13.8 Å². The van der Waals surface area contributed by atoms with Gasteiger partial charge in [0.15, 0.2) is 0 Å². The van der Waals surface area contributed by atoms with Crippen LogP contribution in [0, 0.1) is 17.0 Å². The van der Waals surface area contributed by atoms with Gasteiger partial charge in [0, 0.05) is 12.1 Å². The fourth-order valence-corrected chi connectivity index (χ4v) is 3.16. The van der Waals surface area contributed by atoms with Gasteiger partial charge in [0.1, 0.15) is 6.54 Å². The number of hydrogen-bond acceptors (Lipinski definition) is 6. The number of nitrogens with one attached hydrogen (secondary N) is 1. The molecule has 0 aliphatic heterocycles. The number of rotatable bonds is 7. The molecule has 0 bridgehead atoms. The van der Waals surface area contributed by atoms with Crippen LogP contribution in [-0.2, 0) is 14.8 Å². The summed E-state index contributed by atoms with van der Waals surface area (Å²) < 4.78 is 25.1. The molecule has 2 aromatic carbocycles. The number of para-hydroxylation sites is 1. The van der Waals surface area contributed by atoms with Crippen molar-refractivity contribution in [3.05, 3.63) is 69.8 Å². The molecular formula is C17H18N4O5S. The number of hydrogen-bond donors (Lipinski definition) is 1. The summed E-state index contributed by atoms with van der Waals surface area (Å²) in [5.41, 5.74) is 3.86. The number of non-ortho nitro benzene ring substituents is 1. The van der Waals surface area contributed by atoms with Crippen molar-refractivity contribution in [2.45, 2.75) is 6.92 Å². The minimum Gasteiger partial charge on any atom is -0.271 e. The van der Waals surface area contributed by atoms with Crippen LogP contribution in [0.25, 0.3) is 0 Å². The smallest absolute Gasteiger partial charge is 0.269 e. The van der Waals surface area contributed by atoms with E-state index in [4.69, 9.17) is 0 Å². The summed E-state index contributed by atoms with van der Waals surface area (Å²) in [6, 6.07) is 12.4. The van der Waals surface area contributed by atoms with Gasteiger partial charge in [-0.05, 0) is 36.2 Å². The molecule has 0 saturated heterocycles. The zero-order valence-electron chi connectivity index (χ0n) is 14.7. The molecule has 0 radical (unpaired) electrons. The highest BCUT2D eigenvalue weighted by Crippen LogP contribution is 2.21. The number of aryl methyl sites for hydroxylation is 1. The van der Waals surface area contributed by atoms with E-state index in [-0.39, 0.29) is 5.69 Å². The molecule has 0 aliphatic carbocycles. The van der Waals surface area contributed by atoms with E-state index in [2.05, 4.69) is 10.5 Å². The fourth-order valence-electron chi connectivity index (χ4n) is 2.25. The number of nitro benzene ring substituents is 1. The van der Waals surface area contributed by atoms with Crippen molar-refractivity contribution in [2.24, 2.45) is 5.10 Å². The Morgan fingerprint density at radius 2 is 1.85 bits per heavy atom. The number of carbonyl (C=O) groups is 1. The van der Waals surface area contributed by atoms with E-state index in [1.54, 1.807) is 31.2 Å². The van der Waals surface area contributed by atoms with Crippen molar-refractivity contribution in [1.82, 2.24) is 5.43 Å². The van der Waals surface area contributed by atoms with Gasteiger partial charge >= 0.3 is 0 Å². The number of nitrogens with zero attached hydrogens (tertiary/aromatic N) is 3. The minimum atomic E-state index is -3.67. The topological polar surface area (TPSA) is 122 Å². The normalized spacial score (nSPS) is 11.3. The van der Waals surface area contributed by atoms with Gasteiger partial charge < -0.3 is 0 Å². The van der Waals surface area contributed by atoms with Crippen molar-refractivity contribution in [3.8, 4) is 0 Å². The Labute approximate surface area is 156 Å². The largest absolute Gasteiger partial charge is 0.271 e. The Morgan fingerprint density at radius 1 is 1.22 bits per heavy atom. The van der Waals surface area contributed by atoms with E-state index >= 15 is 0 Å². The number of sulfonamides is 1. The van der Waals surface area contributed by atoms with Gasteiger partial charge in [-0.15, -0.1) is 0 Å². The molecule has 0 spiro atoms. The predicted octanol–water partition coefficient (Wildman–Crippen LogP) is 1.82. The molecule has 10 heteroatoms. The van der Waals surface area contributed by atoms with Crippen LogP contribution < -0.4 is 9.73 Å². The third-order valence-electron chi connectivity index (χ3n) is 3.58. The number of carbonyl (C=O) groups excluding carboxylic acids is 1. The molecule has 0 saturated carbocycles. The summed E-state index contributed by atoms with van der Waals surface area (Å²) in [5.74, 6) is -0.623. The van der Waals surface area contributed by atoms with Gasteiger partial charge in [0.25, 0.3) is 11.6 Å². The highest BCUT2D eigenvalue weighted by atomic mass is 32.2. The first-order valence-electron chi connectivity index (χ1n) is 7.78. The average Bonchev–Trinajstić information content (AvgIpc) is 2.60. The fraction of sp³-hybridized carbons (Fsp3) is 0.176. The molecule has 27 heavy (non-hydrogen) atoms. The second-order valence-electron chi connectivity index (χ2n) is 5.70. The predicted molar refractivity (Wildman–Crippen MR) is 102 cm³/mol. The number of nitro groups is 1. The maximum atomic E-state index is 12.1. The molecule has 1 N–H and O–H groups in total. The molecule has 0 aliphatic rings. The molecule has 0 aromatic heterocycles. The highest BCUT2D eigenvalue weighted by Gasteiger charge is 2.21. The van der Waals surface area contributed by atoms with Crippen molar-refractivity contribution in [1.29, 1.82) is 0 Å². The van der Waals surface area contributed by atoms with Crippen LogP contribution in [0.15, 0.2) is 53.6 Å². The Balaban J connectivity index is 2.06. The Kier molecular flexibility index (Phi) is 6.24. The molecule has 2 aromatic rings. The minimum absolute atomic E-state index is 0.0572. The van der Waals surface area contributed by atoms with Crippen molar-refractivity contribution in [2.75, 3.05) is 17.1 Å². The van der Waals surface area contributed by atoms with Gasteiger partial charge in [0.05, 0.1) is 23.1 Å². The summed E-state index contributed by atoms with van der Waals surface area (Å²) in [6.45, 7) is 1.32. The van der Waals surface area contributed by atoms with Gasteiger partial charge in [-0.2, -0.15) is 5.10 Å².